The summed E-state index contributed by atoms with van der Waals surface area (Å²) < 4.78 is 10.4. The van der Waals surface area contributed by atoms with Gasteiger partial charge in [0.25, 0.3) is 0 Å². The first-order chi connectivity index (χ1) is 11.1. The maximum atomic E-state index is 5.20. The normalized spacial score (nSPS) is 13.4. The van der Waals surface area contributed by atoms with Crippen molar-refractivity contribution in [2.24, 2.45) is 0 Å². The molecule has 1 N–H and O–H groups in total. The van der Waals surface area contributed by atoms with Crippen LogP contribution in [-0.4, -0.2) is 26.3 Å². The van der Waals surface area contributed by atoms with E-state index in [1.165, 1.54) is 11.1 Å². The van der Waals surface area contributed by atoms with Crippen molar-refractivity contribution in [3.63, 3.8) is 0 Å². The van der Waals surface area contributed by atoms with Crippen LogP contribution in [0.3, 0.4) is 0 Å². The van der Waals surface area contributed by atoms with E-state index in [0.717, 1.165) is 24.3 Å². The van der Waals surface area contributed by atoms with E-state index in [1.54, 1.807) is 14.2 Å². The Morgan fingerprint density at radius 2 is 1.04 bits per heavy atom. The fourth-order valence-electron chi connectivity index (χ4n) is 2.83. The Kier molecular flexibility index (Phi) is 6.48. The van der Waals surface area contributed by atoms with Crippen LogP contribution in [-0.2, 0) is 12.8 Å². The van der Waals surface area contributed by atoms with E-state index in [9.17, 15) is 0 Å². The molecule has 3 nitrogen and oxygen atoms in total. The van der Waals surface area contributed by atoms with Gasteiger partial charge < -0.3 is 14.8 Å². The van der Waals surface area contributed by atoms with Crippen LogP contribution in [0.4, 0.5) is 0 Å². The maximum absolute atomic E-state index is 5.20. The van der Waals surface area contributed by atoms with Gasteiger partial charge in [-0.3, -0.25) is 0 Å². The van der Waals surface area contributed by atoms with Crippen molar-refractivity contribution in [2.75, 3.05) is 14.2 Å². The third-order valence-corrected chi connectivity index (χ3v) is 3.97. The SMILES string of the molecule is COc1ccc(C[C@H](C)N[C@@H](C)Cc2ccc(OC)cc2)cc1. The molecule has 0 aliphatic rings. The van der Waals surface area contributed by atoms with Crippen LogP contribution in [0.25, 0.3) is 0 Å². The molecule has 124 valence electrons. The third-order valence-electron chi connectivity index (χ3n) is 3.97. The molecule has 2 rings (SSSR count). The van der Waals surface area contributed by atoms with Crippen molar-refractivity contribution in [1.82, 2.24) is 5.32 Å². The smallest absolute Gasteiger partial charge is 0.118 e. The van der Waals surface area contributed by atoms with E-state index < -0.39 is 0 Å². The summed E-state index contributed by atoms with van der Waals surface area (Å²) in [4.78, 5) is 0. The molecule has 0 amide bonds. The molecular formula is C20H27NO2. The number of methoxy groups -OCH3 is 2. The first kappa shape index (κ1) is 17.4. The zero-order valence-electron chi connectivity index (χ0n) is 14.5. The molecule has 3 heteroatoms. The van der Waals surface area contributed by atoms with E-state index >= 15 is 0 Å². The average molecular weight is 313 g/mol. The quantitative estimate of drug-likeness (QED) is 0.803. The standard InChI is InChI=1S/C20H27NO2/c1-15(13-17-5-9-19(22-3)10-6-17)21-16(2)14-18-7-11-20(23-4)12-8-18/h5-12,15-16,21H,13-14H2,1-4H3/t15-,16-/m0/s1. The average Bonchev–Trinajstić information content (AvgIpc) is 2.56. The van der Waals surface area contributed by atoms with Crippen molar-refractivity contribution >= 4 is 0 Å². The fraction of sp³-hybridized carbons (Fsp3) is 0.400. The lowest BCUT2D eigenvalue weighted by atomic mass is 10.0. The second kappa shape index (κ2) is 8.59. The van der Waals surface area contributed by atoms with Gasteiger partial charge in [0.2, 0.25) is 0 Å². The van der Waals surface area contributed by atoms with Crippen LogP contribution >= 0.6 is 0 Å². The molecule has 0 aromatic heterocycles. The number of ether oxygens (including phenoxy) is 2. The van der Waals surface area contributed by atoms with Crippen LogP contribution in [0, 0.1) is 0 Å². The molecule has 2 aromatic rings. The minimum absolute atomic E-state index is 0.427. The van der Waals surface area contributed by atoms with Gasteiger partial charge in [-0.15, -0.1) is 0 Å². The van der Waals surface area contributed by atoms with Gasteiger partial charge in [0.15, 0.2) is 0 Å². The summed E-state index contributed by atoms with van der Waals surface area (Å²) in [5.74, 6) is 1.81. The van der Waals surface area contributed by atoms with Crippen LogP contribution in [0.5, 0.6) is 11.5 Å². The fourth-order valence-corrected chi connectivity index (χ4v) is 2.83. The molecular weight excluding hydrogens is 286 g/mol. The Bertz CT molecular complexity index is 524. The van der Waals surface area contributed by atoms with Gasteiger partial charge in [-0.25, -0.2) is 0 Å². The van der Waals surface area contributed by atoms with Crippen molar-refractivity contribution < 1.29 is 9.47 Å². The Morgan fingerprint density at radius 1 is 0.696 bits per heavy atom. The van der Waals surface area contributed by atoms with E-state index in [2.05, 4.69) is 43.4 Å². The number of nitrogens with one attached hydrogen (secondary N) is 1. The molecule has 0 saturated heterocycles. The lowest BCUT2D eigenvalue weighted by Crippen LogP contribution is -2.37. The van der Waals surface area contributed by atoms with E-state index in [0.29, 0.717) is 12.1 Å². The predicted octanol–water partition coefficient (Wildman–Crippen LogP) is 3.86. The van der Waals surface area contributed by atoms with Crippen LogP contribution < -0.4 is 14.8 Å². The number of hydrogen-bond donors (Lipinski definition) is 1. The van der Waals surface area contributed by atoms with Crippen LogP contribution in [0.15, 0.2) is 48.5 Å². The Morgan fingerprint density at radius 3 is 1.35 bits per heavy atom. The summed E-state index contributed by atoms with van der Waals surface area (Å²) >= 11 is 0. The topological polar surface area (TPSA) is 30.5 Å². The minimum atomic E-state index is 0.427. The molecule has 0 heterocycles. The highest BCUT2D eigenvalue weighted by atomic mass is 16.5. The van der Waals surface area contributed by atoms with Gasteiger partial charge in [-0.2, -0.15) is 0 Å². The summed E-state index contributed by atoms with van der Waals surface area (Å²) in [5.41, 5.74) is 2.64. The lowest BCUT2D eigenvalue weighted by molar-refractivity contribution is 0.414. The molecule has 0 aliphatic heterocycles. The summed E-state index contributed by atoms with van der Waals surface area (Å²) in [6, 6.07) is 17.4. The predicted molar refractivity (Wildman–Crippen MR) is 95.5 cm³/mol. The van der Waals surface area contributed by atoms with Gasteiger partial charge in [-0.1, -0.05) is 24.3 Å². The van der Waals surface area contributed by atoms with Crippen molar-refractivity contribution in [1.29, 1.82) is 0 Å². The van der Waals surface area contributed by atoms with Crippen LogP contribution in [0.2, 0.25) is 0 Å². The Hall–Kier alpha value is -2.00. The summed E-state index contributed by atoms with van der Waals surface area (Å²) in [6.07, 6.45) is 2.02. The molecule has 0 aliphatic carbocycles. The van der Waals surface area contributed by atoms with Gasteiger partial charge in [0.1, 0.15) is 11.5 Å². The minimum Gasteiger partial charge on any atom is -0.497 e. The van der Waals surface area contributed by atoms with E-state index in [4.69, 9.17) is 9.47 Å². The lowest BCUT2D eigenvalue weighted by Gasteiger charge is -2.20. The highest BCUT2D eigenvalue weighted by Crippen LogP contribution is 2.14. The molecule has 23 heavy (non-hydrogen) atoms. The zero-order chi connectivity index (χ0) is 16.7. The van der Waals surface area contributed by atoms with Crippen molar-refractivity contribution in [3.8, 4) is 11.5 Å². The van der Waals surface area contributed by atoms with Gasteiger partial charge in [0.05, 0.1) is 14.2 Å². The third kappa shape index (κ3) is 5.61. The van der Waals surface area contributed by atoms with Gasteiger partial charge >= 0.3 is 0 Å². The first-order valence-electron chi connectivity index (χ1n) is 8.12. The maximum Gasteiger partial charge on any atom is 0.118 e. The molecule has 0 saturated carbocycles. The van der Waals surface area contributed by atoms with Crippen molar-refractivity contribution in [3.05, 3.63) is 59.7 Å². The molecule has 0 bridgehead atoms. The number of rotatable bonds is 8. The highest BCUT2D eigenvalue weighted by molar-refractivity contribution is 5.28. The molecule has 0 radical (unpaired) electrons. The van der Waals surface area contributed by atoms with E-state index in [-0.39, 0.29) is 0 Å². The Balaban J connectivity index is 1.82. The highest BCUT2D eigenvalue weighted by Gasteiger charge is 2.09. The van der Waals surface area contributed by atoms with E-state index in [1.807, 2.05) is 24.3 Å². The van der Waals surface area contributed by atoms with Gasteiger partial charge in [-0.05, 0) is 62.1 Å². The summed E-state index contributed by atoms with van der Waals surface area (Å²) in [6.45, 7) is 4.46. The second-order valence-electron chi connectivity index (χ2n) is 6.07. The molecule has 0 spiro atoms. The molecule has 2 aromatic carbocycles. The summed E-state index contributed by atoms with van der Waals surface area (Å²) in [7, 11) is 3.39. The first-order valence-corrected chi connectivity index (χ1v) is 8.12. The van der Waals surface area contributed by atoms with Crippen LogP contribution in [0.1, 0.15) is 25.0 Å². The Labute approximate surface area is 139 Å². The molecule has 0 fully saturated rings. The number of benzene rings is 2. The van der Waals surface area contributed by atoms with Gasteiger partial charge in [0, 0.05) is 12.1 Å². The summed E-state index contributed by atoms with van der Waals surface area (Å²) in [5, 5.41) is 3.67. The molecule has 0 unspecified atom stereocenters. The number of hydrogen-bond acceptors (Lipinski definition) is 3. The monoisotopic (exact) mass is 313 g/mol. The largest absolute Gasteiger partial charge is 0.497 e. The van der Waals surface area contributed by atoms with Crippen molar-refractivity contribution in [2.45, 2.75) is 38.8 Å². The zero-order valence-corrected chi connectivity index (χ0v) is 14.5. The molecule has 2 atom stereocenters. The second-order valence-corrected chi connectivity index (χ2v) is 6.07.